The van der Waals surface area contributed by atoms with Gasteiger partial charge in [0.25, 0.3) is 0 Å². The summed E-state index contributed by atoms with van der Waals surface area (Å²) < 4.78 is 7.43. The first-order valence-corrected chi connectivity index (χ1v) is 8.27. The molecule has 0 radical (unpaired) electrons. The first-order chi connectivity index (χ1) is 11.8. The monoisotopic (exact) mass is 321 g/mol. The Bertz CT molecular complexity index is 683. The van der Waals surface area contributed by atoms with Crippen LogP contribution in [0.1, 0.15) is 18.1 Å². The van der Waals surface area contributed by atoms with Gasteiger partial charge in [0.15, 0.2) is 0 Å². The van der Waals surface area contributed by atoms with Gasteiger partial charge in [-0.15, -0.1) is 0 Å². The van der Waals surface area contributed by atoms with Crippen molar-refractivity contribution in [3.8, 4) is 0 Å². The maximum absolute atomic E-state index is 5.45. The van der Waals surface area contributed by atoms with Crippen molar-refractivity contribution in [3.63, 3.8) is 0 Å². The molecule has 4 nitrogen and oxygen atoms in total. The van der Waals surface area contributed by atoms with Gasteiger partial charge in [-0.3, -0.25) is 0 Å². The molecule has 1 heterocycles. The predicted molar refractivity (Wildman–Crippen MR) is 96.6 cm³/mol. The lowest BCUT2D eigenvalue weighted by Crippen LogP contribution is -2.22. The van der Waals surface area contributed by atoms with Crippen LogP contribution in [0, 0.1) is 0 Å². The largest absolute Gasteiger partial charge is 0.361 e. The Morgan fingerprint density at radius 1 is 0.917 bits per heavy atom. The van der Waals surface area contributed by atoms with Gasteiger partial charge in [-0.1, -0.05) is 60.7 Å². The van der Waals surface area contributed by atoms with Crippen LogP contribution in [-0.2, 0) is 24.6 Å². The number of ether oxygens (including phenoxy) is 1. The second-order valence-corrected chi connectivity index (χ2v) is 5.70. The summed E-state index contributed by atoms with van der Waals surface area (Å²) in [5.41, 5.74) is 2.54. The van der Waals surface area contributed by atoms with Gasteiger partial charge in [0, 0.05) is 19.7 Å². The summed E-state index contributed by atoms with van der Waals surface area (Å²) in [5, 5.41) is 0. The number of benzene rings is 2. The van der Waals surface area contributed by atoms with E-state index in [2.05, 4.69) is 58.4 Å². The van der Waals surface area contributed by atoms with Crippen LogP contribution in [0.2, 0.25) is 0 Å². The van der Waals surface area contributed by atoms with Gasteiger partial charge in [-0.25, -0.2) is 4.98 Å². The Balaban J connectivity index is 1.79. The summed E-state index contributed by atoms with van der Waals surface area (Å²) in [5.74, 6) is 0.961. The van der Waals surface area contributed by atoms with E-state index in [4.69, 9.17) is 4.74 Å². The predicted octanol–water partition coefficient (Wildman–Crippen LogP) is 4.08. The molecule has 1 aromatic heterocycles. The van der Waals surface area contributed by atoms with Crippen LogP contribution in [0.5, 0.6) is 0 Å². The molecule has 3 aromatic rings. The average molecular weight is 321 g/mol. The van der Waals surface area contributed by atoms with Crippen LogP contribution in [0.25, 0.3) is 0 Å². The Morgan fingerprint density at radius 3 is 2.04 bits per heavy atom. The summed E-state index contributed by atoms with van der Waals surface area (Å²) >= 11 is 0. The highest BCUT2D eigenvalue weighted by Crippen LogP contribution is 2.18. The number of hydrogen-bond donors (Lipinski definition) is 0. The highest BCUT2D eigenvalue weighted by atomic mass is 16.5. The first kappa shape index (κ1) is 16.3. The van der Waals surface area contributed by atoms with E-state index >= 15 is 0 Å². The van der Waals surface area contributed by atoms with Gasteiger partial charge >= 0.3 is 0 Å². The molecule has 3 rings (SSSR count). The van der Waals surface area contributed by atoms with Crippen LogP contribution in [0.15, 0.2) is 73.2 Å². The fourth-order valence-corrected chi connectivity index (χ4v) is 2.60. The molecule has 0 amide bonds. The van der Waals surface area contributed by atoms with Crippen molar-refractivity contribution in [2.24, 2.45) is 0 Å². The first-order valence-electron chi connectivity index (χ1n) is 8.27. The smallest absolute Gasteiger partial charge is 0.147 e. The number of rotatable bonds is 8. The van der Waals surface area contributed by atoms with Gasteiger partial charge in [0.05, 0.1) is 12.5 Å². The fraction of sp³-hybridized carbons (Fsp3) is 0.250. The minimum atomic E-state index is 0.536. The van der Waals surface area contributed by atoms with Crippen molar-refractivity contribution in [1.82, 2.24) is 9.55 Å². The number of hydrogen-bond acceptors (Lipinski definition) is 3. The molecule has 0 aliphatic carbocycles. The minimum absolute atomic E-state index is 0.536. The Labute approximate surface area is 143 Å². The van der Waals surface area contributed by atoms with Crippen molar-refractivity contribution >= 4 is 5.82 Å². The van der Waals surface area contributed by atoms with Gasteiger partial charge in [-0.2, -0.15) is 0 Å². The molecule has 0 atom stereocenters. The zero-order valence-corrected chi connectivity index (χ0v) is 14.0. The minimum Gasteiger partial charge on any atom is -0.361 e. The molecule has 0 fully saturated rings. The van der Waals surface area contributed by atoms with Gasteiger partial charge in [-0.05, 0) is 18.1 Å². The molecule has 0 aliphatic heterocycles. The maximum atomic E-state index is 5.45. The highest BCUT2D eigenvalue weighted by molar-refractivity contribution is 5.39. The van der Waals surface area contributed by atoms with Crippen molar-refractivity contribution in [3.05, 3.63) is 84.3 Å². The van der Waals surface area contributed by atoms with E-state index in [-0.39, 0.29) is 0 Å². The molecule has 24 heavy (non-hydrogen) atoms. The quantitative estimate of drug-likeness (QED) is 0.626. The van der Waals surface area contributed by atoms with Crippen molar-refractivity contribution in [1.29, 1.82) is 0 Å². The standard InChI is InChI=1S/C20H23N3O/c1-2-24-17-22-15-20(21-16-22)23(13-18-9-5-3-6-10-18)14-19-11-7-4-8-12-19/h3-12,15-16H,2,13-14,17H2,1H3. The molecule has 2 aromatic carbocycles. The molecule has 4 heteroatoms. The molecule has 0 N–H and O–H groups in total. The van der Waals surface area contributed by atoms with E-state index in [9.17, 15) is 0 Å². The number of imidazole rings is 1. The average Bonchev–Trinajstić information content (AvgIpc) is 3.10. The van der Waals surface area contributed by atoms with E-state index in [1.807, 2.05) is 36.1 Å². The maximum Gasteiger partial charge on any atom is 0.147 e. The second-order valence-electron chi connectivity index (χ2n) is 5.70. The van der Waals surface area contributed by atoms with Gasteiger partial charge in [0.2, 0.25) is 0 Å². The Hall–Kier alpha value is -2.59. The molecule has 124 valence electrons. The zero-order valence-electron chi connectivity index (χ0n) is 14.0. The van der Waals surface area contributed by atoms with Crippen LogP contribution < -0.4 is 4.90 Å². The van der Waals surface area contributed by atoms with E-state index in [0.29, 0.717) is 13.3 Å². The zero-order chi connectivity index (χ0) is 16.6. The summed E-state index contributed by atoms with van der Waals surface area (Å²) in [6, 6.07) is 21.0. The van der Waals surface area contributed by atoms with Crippen LogP contribution in [0.3, 0.4) is 0 Å². The lowest BCUT2D eigenvalue weighted by molar-refractivity contribution is 0.0878. The topological polar surface area (TPSA) is 30.3 Å². The van der Waals surface area contributed by atoms with Crippen molar-refractivity contribution in [2.75, 3.05) is 11.5 Å². The highest BCUT2D eigenvalue weighted by Gasteiger charge is 2.11. The third-order valence-electron chi connectivity index (χ3n) is 3.82. The number of nitrogens with zero attached hydrogens (tertiary/aromatic N) is 3. The van der Waals surface area contributed by atoms with E-state index < -0.39 is 0 Å². The van der Waals surface area contributed by atoms with E-state index in [1.54, 1.807) is 0 Å². The molecular weight excluding hydrogens is 298 g/mol. The summed E-state index contributed by atoms with van der Waals surface area (Å²) in [7, 11) is 0. The summed E-state index contributed by atoms with van der Waals surface area (Å²) in [6.07, 6.45) is 3.87. The van der Waals surface area contributed by atoms with E-state index in [1.165, 1.54) is 11.1 Å². The van der Waals surface area contributed by atoms with Crippen molar-refractivity contribution < 1.29 is 4.74 Å². The number of anilines is 1. The summed E-state index contributed by atoms with van der Waals surface area (Å²) in [4.78, 5) is 6.86. The Kier molecular flexibility index (Phi) is 5.64. The van der Waals surface area contributed by atoms with Gasteiger partial charge in [0.1, 0.15) is 12.5 Å². The van der Waals surface area contributed by atoms with Crippen molar-refractivity contribution in [2.45, 2.75) is 26.7 Å². The molecular formula is C20H23N3O. The number of aromatic nitrogens is 2. The molecule has 0 spiro atoms. The lowest BCUT2D eigenvalue weighted by Gasteiger charge is -2.22. The fourth-order valence-electron chi connectivity index (χ4n) is 2.60. The molecule has 0 bridgehead atoms. The Morgan fingerprint density at radius 2 is 1.50 bits per heavy atom. The third kappa shape index (κ3) is 4.46. The second kappa shape index (κ2) is 8.31. The molecule has 0 aliphatic rings. The molecule has 0 saturated carbocycles. The lowest BCUT2D eigenvalue weighted by atomic mass is 10.1. The SMILES string of the molecule is CCOCn1cnc(N(Cc2ccccc2)Cc2ccccc2)c1. The van der Waals surface area contributed by atoms with Gasteiger partial charge < -0.3 is 14.2 Å². The van der Waals surface area contributed by atoms with Crippen LogP contribution >= 0.6 is 0 Å². The molecule has 0 unspecified atom stereocenters. The van der Waals surface area contributed by atoms with Crippen LogP contribution in [-0.4, -0.2) is 16.2 Å². The normalized spacial score (nSPS) is 10.7. The summed E-state index contributed by atoms with van der Waals surface area (Å²) in [6.45, 7) is 4.87. The van der Waals surface area contributed by atoms with Crippen LogP contribution in [0.4, 0.5) is 5.82 Å². The third-order valence-corrected chi connectivity index (χ3v) is 3.82. The van der Waals surface area contributed by atoms with E-state index in [0.717, 1.165) is 18.9 Å². The molecule has 0 saturated heterocycles.